The summed E-state index contributed by atoms with van der Waals surface area (Å²) in [6.45, 7) is 8.38. The molecule has 0 spiro atoms. The topological polar surface area (TPSA) is 44.8 Å². The number of rotatable bonds is 6. The SMILES string of the molecule is CCCCN(C(=O)OCC)N1CCC([C@@H]2CCCN2)CC1. The van der Waals surface area contributed by atoms with Gasteiger partial charge in [-0.05, 0) is 51.5 Å². The van der Waals surface area contributed by atoms with Crippen molar-refractivity contribution in [3.63, 3.8) is 0 Å². The predicted molar refractivity (Wildman–Crippen MR) is 84.0 cm³/mol. The van der Waals surface area contributed by atoms with Crippen LogP contribution in [0.2, 0.25) is 0 Å². The molecule has 0 saturated carbocycles. The minimum Gasteiger partial charge on any atom is -0.449 e. The van der Waals surface area contributed by atoms with E-state index in [2.05, 4.69) is 17.2 Å². The van der Waals surface area contributed by atoms with Crippen LogP contribution in [0.4, 0.5) is 4.79 Å². The molecule has 0 radical (unpaired) electrons. The summed E-state index contributed by atoms with van der Waals surface area (Å²) in [5.41, 5.74) is 0. The molecule has 2 rings (SSSR count). The number of carbonyl (C=O) groups excluding carboxylic acids is 1. The molecule has 2 fully saturated rings. The van der Waals surface area contributed by atoms with Crippen LogP contribution in [0.5, 0.6) is 0 Å². The second-order valence-electron chi connectivity index (χ2n) is 6.17. The first-order valence-corrected chi connectivity index (χ1v) is 8.68. The first-order valence-electron chi connectivity index (χ1n) is 8.68. The summed E-state index contributed by atoms with van der Waals surface area (Å²) in [6.07, 6.45) is 6.95. The molecule has 122 valence electrons. The van der Waals surface area contributed by atoms with E-state index in [9.17, 15) is 4.79 Å². The van der Waals surface area contributed by atoms with Crippen molar-refractivity contribution >= 4 is 6.09 Å². The fourth-order valence-electron chi connectivity index (χ4n) is 3.50. The Balaban J connectivity index is 1.84. The van der Waals surface area contributed by atoms with E-state index in [-0.39, 0.29) is 6.09 Å². The van der Waals surface area contributed by atoms with Crippen molar-refractivity contribution in [3.8, 4) is 0 Å². The van der Waals surface area contributed by atoms with E-state index in [1.165, 1.54) is 32.2 Å². The van der Waals surface area contributed by atoms with Crippen LogP contribution in [0.15, 0.2) is 0 Å². The monoisotopic (exact) mass is 297 g/mol. The molecule has 1 amide bonds. The van der Waals surface area contributed by atoms with Crippen molar-refractivity contribution in [3.05, 3.63) is 0 Å². The van der Waals surface area contributed by atoms with E-state index in [1.807, 2.05) is 11.9 Å². The van der Waals surface area contributed by atoms with Gasteiger partial charge in [-0.25, -0.2) is 14.8 Å². The zero-order valence-corrected chi connectivity index (χ0v) is 13.6. The summed E-state index contributed by atoms with van der Waals surface area (Å²) < 4.78 is 5.21. The van der Waals surface area contributed by atoms with Gasteiger partial charge in [0.2, 0.25) is 0 Å². The van der Waals surface area contributed by atoms with E-state index >= 15 is 0 Å². The first-order chi connectivity index (χ1) is 10.3. The quantitative estimate of drug-likeness (QED) is 0.818. The molecule has 0 aliphatic carbocycles. The van der Waals surface area contributed by atoms with Crippen molar-refractivity contribution in [2.24, 2.45) is 5.92 Å². The Bertz CT molecular complexity index is 311. The van der Waals surface area contributed by atoms with Crippen LogP contribution in [-0.2, 0) is 4.74 Å². The fourth-order valence-corrected chi connectivity index (χ4v) is 3.50. The molecular formula is C16H31N3O2. The highest BCUT2D eigenvalue weighted by Crippen LogP contribution is 2.26. The summed E-state index contributed by atoms with van der Waals surface area (Å²) in [4.78, 5) is 12.1. The van der Waals surface area contributed by atoms with Crippen LogP contribution in [-0.4, -0.2) is 54.9 Å². The number of unbranched alkanes of at least 4 members (excludes halogenated alkanes) is 1. The summed E-state index contributed by atoms with van der Waals surface area (Å²) in [7, 11) is 0. The van der Waals surface area contributed by atoms with Crippen LogP contribution in [0, 0.1) is 5.92 Å². The van der Waals surface area contributed by atoms with Gasteiger partial charge in [-0.2, -0.15) is 0 Å². The molecule has 0 aromatic heterocycles. The number of hydrazine groups is 1. The fraction of sp³-hybridized carbons (Fsp3) is 0.938. The average Bonchev–Trinajstić information content (AvgIpc) is 3.03. The standard InChI is InChI=1S/C16H31N3O2/c1-3-5-11-19(16(20)21-4-2)18-12-8-14(9-13-18)15-7-6-10-17-15/h14-15,17H,3-13H2,1-2H3/t15-/m0/s1. The first kappa shape index (κ1) is 16.6. The van der Waals surface area contributed by atoms with Gasteiger partial charge >= 0.3 is 6.09 Å². The number of hydrogen-bond acceptors (Lipinski definition) is 4. The number of hydrogen-bond donors (Lipinski definition) is 1. The van der Waals surface area contributed by atoms with Gasteiger partial charge in [0.1, 0.15) is 0 Å². The Morgan fingerprint density at radius 3 is 2.62 bits per heavy atom. The number of nitrogens with zero attached hydrogens (tertiary/aromatic N) is 2. The molecule has 21 heavy (non-hydrogen) atoms. The Hall–Kier alpha value is -0.810. The molecule has 0 bridgehead atoms. The lowest BCUT2D eigenvalue weighted by atomic mass is 9.89. The van der Waals surface area contributed by atoms with E-state index in [1.54, 1.807) is 0 Å². The molecule has 2 saturated heterocycles. The molecule has 2 aliphatic heterocycles. The summed E-state index contributed by atoms with van der Waals surface area (Å²) in [5.74, 6) is 0.777. The van der Waals surface area contributed by atoms with Gasteiger partial charge in [0.15, 0.2) is 0 Å². The van der Waals surface area contributed by atoms with Crippen LogP contribution in [0.3, 0.4) is 0 Å². The number of ether oxygens (including phenoxy) is 1. The summed E-state index contributed by atoms with van der Waals surface area (Å²) in [5, 5.41) is 7.67. The molecule has 5 nitrogen and oxygen atoms in total. The molecule has 0 unspecified atom stereocenters. The largest absolute Gasteiger partial charge is 0.449 e. The van der Waals surface area contributed by atoms with Crippen LogP contribution >= 0.6 is 0 Å². The Kier molecular flexibility index (Phi) is 6.77. The van der Waals surface area contributed by atoms with Gasteiger partial charge < -0.3 is 10.1 Å². The third-order valence-corrected chi connectivity index (χ3v) is 4.73. The number of carbonyl (C=O) groups is 1. The number of piperidine rings is 1. The summed E-state index contributed by atoms with van der Waals surface area (Å²) in [6, 6.07) is 0.707. The minimum atomic E-state index is -0.177. The normalized spacial score (nSPS) is 24.2. The molecule has 2 aliphatic rings. The smallest absolute Gasteiger partial charge is 0.424 e. The van der Waals surface area contributed by atoms with E-state index in [4.69, 9.17) is 4.74 Å². The van der Waals surface area contributed by atoms with Crippen molar-refractivity contribution in [1.29, 1.82) is 0 Å². The highest BCUT2D eigenvalue weighted by molar-refractivity contribution is 5.66. The lowest BCUT2D eigenvalue weighted by Gasteiger charge is -2.40. The number of amides is 1. The summed E-state index contributed by atoms with van der Waals surface area (Å²) >= 11 is 0. The maximum absolute atomic E-state index is 12.1. The maximum Gasteiger partial charge on any atom is 0.424 e. The Labute approximate surface area is 129 Å². The third kappa shape index (κ3) is 4.58. The van der Waals surface area contributed by atoms with Crippen molar-refractivity contribution in [2.75, 3.05) is 32.8 Å². The minimum absolute atomic E-state index is 0.177. The number of nitrogens with one attached hydrogen (secondary N) is 1. The second-order valence-corrected chi connectivity index (χ2v) is 6.17. The van der Waals surface area contributed by atoms with Crippen LogP contribution in [0.25, 0.3) is 0 Å². The Morgan fingerprint density at radius 1 is 1.29 bits per heavy atom. The van der Waals surface area contributed by atoms with Gasteiger partial charge in [0.25, 0.3) is 0 Å². The van der Waals surface area contributed by atoms with Crippen molar-refractivity contribution in [2.45, 2.75) is 58.4 Å². The lowest BCUT2D eigenvalue weighted by Crippen LogP contribution is -2.52. The highest BCUT2D eigenvalue weighted by atomic mass is 16.6. The van der Waals surface area contributed by atoms with E-state index in [0.717, 1.165) is 38.4 Å². The molecule has 1 atom stereocenters. The molecule has 0 aromatic carbocycles. The molecule has 5 heteroatoms. The molecular weight excluding hydrogens is 266 g/mol. The predicted octanol–water partition coefficient (Wildman–Crippen LogP) is 2.62. The van der Waals surface area contributed by atoms with Gasteiger partial charge in [0.05, 0.1) is 6.61 Å². The molecule has 1 N–H and O–H groups in total. The zero-order valence-electron chi connectivity index (χ0n) is 13.6. The molecule has 0 aromatic rings. The maximum atomic E-state index is 12.1. The lowest BCUT2D eigenvalue weighted by molar-refractivity contribution is -0.0443. The van der Waals surface area contributed by atoms with Gasteiger partial charge in [-0.15, -0.1) is 0 Å². The third-order valence-electron chi connectivity index (χ3n) is 4.73. The van der Waals surface area contributed by atoms with Crippen molar-refractivity contribution < 1.29 is 9.53 Å². The molecule has 2 heterocycles. The van der Waals surface area contributed by atoms with E-state index < -0.39 is 0 Å². The van der Waals surface area contributed by atoms with Crippen LogP contribution < -0.4 is 5.32 Å². The second kappa shape index (κ2) is 8.59. The zero-order chi connectivity index (χ0) is 15.1. The Morgan fingerprint density at radius 2 is 2.05 bits per heavy atom. The van der Waals surface area contributed by atoms with Gasteiger partial charge in [-0.1, -0.05) is 13.3 Å². The van der Waals surface area contributed by atoms with E-state index in [0.29, 0.717) is 12.6 Å². The van der Waals surface area contributed by atoms with Gasteiger partial charge in [-0.3, -0.25) is 0 Å². The highest BCUT2D eigenvalue weighted by Gasteiger charge is 2.31. The van der Waals surface area contributed by atoms with Crippen LogP contribution in [0.1, 0.15) is 52.4 Å². The van der Waals surface area contributed by atoms with Gasteiger partial charge in [0, 0.05) is 25.7 Å². The van der Waals surface area contributed by atoms with Crippen molar-refractivity contribution in [1.82, 2.24) is 15.3 Å². The average molecular weight is 297 g/mol.